The SMILES string of the molecule is CCn1c(CCC(=O)NCc2ccc(C)c(F)c2)nc2cc(S(=O)(=O)N(C)C)ccc21. The molecule has 0 spiro atoms. The Labute approximate surface area is 181 Å². The molecule has 0 aliphatic rings. The van der Waals surface area contributed by atoms with Gasteiger partial charge in [0.1, 0.15) is 11.6 Å². The van der Waals surface area contributed by atoms with Gasteiger partial charge in [-0.1, -0.05) is 12.1 Å². The molecule has 0 unspecified atom stereocenters. The molecule has 9 heteroatoms. The fourth-order valence-corrected chi connectivity index (χ4v) is 4.26. The number of hydrogen-bond acceptors (Lipinski definition) is 4. The van der Waals surface area contributed by atoms with Crippen LogP contribution in [0.3, 0.4) is 0 Å². The average molecular weight is 447 g/mol. The summed E-state index contributed by atoms with van der Waals surface area (Å²) in [6, 6.07) is 9.78. The normalized spacial score (nSPS) is 11.9. The van der Waals surface area contributed by atoms with Crippen molar-refractivity contribution in [2.24, 2.45) is 0 Å². The van der Waals surface area contributed by atoms with Gasteiger partial charge in [-0.3, -0.25) is 4.79 Å². The number of nitrogens with zero attached hydrogens (tertiary/aromatic N) is 3. The average Bonchev–Trinajstić information content (AvgIpc) is 3.09. The van der Waals surface area contributed by atoms with Crippen LogP contribution in [-0.4, -0.2) is 42.3 Å². The van der Waals surface area contributed by atoms with Crippen LogP contribution in [0.2, 0.25) is 0 Å². The lowest BCUT2D eigenvalue weighted by molar-refractivity contribution is -0.121. The first-order valence-electron chi connectivity index (χ1n) is 10.1. The Balaban J connectivity index is 1.71. The summed E-state index contributed by atoms with van der Waals surface area (Å²) < 4.78 is 41.6. The van der Waals surface area contributed by atoms with Gasteiger partial charge in [-0.15, -0.1) is 0 Å². The third-order valence-corrected chi connectivity index (χ3v) is 7.01. The van der Waals surface area contributed by atoms with E-state index in [1.807, 2.05) is 11.5 Å². The van der Waals surface area contributed by atoms with Gasteiger partial charge in [0.05, 0.1) is 15.9 Å². The highest BCUT2D eigenvalue weighted by molar-refractivity contribution is 7.89. The lowest BCUT2D eigenvalue weighted by Crippen LogP contribution is -2.23. The Morgan fingerprint density at radius 3 is 2.58 bits per heavy atom. The maximum Gasteiger partial charge on any atom is 0.242 e. The first-order valence-corrected chi connectivity index (χ1v) is 11.5. The predicted octanol–water partition coefficient (Wildman–Crippen LogP) is 3.00. The summed E-state index contributed by atoms with van der Waals surface area (Å²) in [5, 5.41) is 2.80. The minimum atomic E-state index is -3.55. The van der Waals surface area contributed by atoms with Gasteiger partial charge in [0.2, 0.25) is 15.9 Å². The van der Waals surface area contributed by atoms with Gasteiger partial charge in [-0.25, -0.2) is 22.1 Å². The first kappa shape index (κ1) is 22.9. The molecule has 166 valence electrons. The first-order chi connectivity index (χ1) is 14.6. The molecule has 0 saturated carbocycles. The fraction of sp³-hybridized carbons (Fsp3) is 0.364. The lowest BCUT2D eigenvalue weighted by atomic mass is 10.1. The quantitative estimate of drug-likeness (QED) is 0.577. The van der Waals surface area contributed by atoms with Gasteiger partial charge in [-0.2, -0.15) is 0 Å². The molecule has 0 bridgehead atoms. The molecule has 0 radical (unpaired) electrons. The molecular formula is C22H27FN4O3S. The lowest BCUT2D eigenvalue weighted by Gasteiger charge is -2.11. The van der Waals surface area contributed by atoms with Crippen molar-refractivity contribution in [2.75, 3.05) is 14.1 Å². The van der Waals surface area contributed by atoms with Crippen LogP contribution in [0.4, 0.5) is 4.39 Å². The zero-order valence-electron chi connectivity index (χ0n) is 18.1. The molecular weight excluding hydrogens is 419 g/mol. The van der Waals surface area contributed by atoms with Crippen LogP contribution < -0.4 is 5.32 Å². The number of rotatable bonds is 8. The maximum atomic E-state index is 13.6. The fourth-order valence-electron chi connectivity index (χ4n) is 3.34. The Hall–Kier alpha value is -2.78. The summed E-state index contributed by atoms with van der Waals surface area (Å²) in [5.74, 6) is 0.263. The van der Waals surface area contributed by atoms with E-state index in [1.54, 1.807) is 37.3 Å². The minimum Gasteiger partial charge on any atom is -0.352 e. The summed E-state index contributed by atoms with van der Waals surface area (Å²) >= 11 is 0. The van der Waals surface area contributed by atoms with Gasteiger partial charge in [0, 0.05) is 40.0 Å². The van der Waals surface area contributed by atoms with E-state index in [2.05, 4.69) is 10.3 Å². The molecule has 1 amide bonds. The van der Waals surface area contributed by atoms with E-state index < -0.39 is 10.0 Å². The van der Waals surface area contributed by atoms with Crippen LogP contribution in [-0.2, 0) is 34.3 Å². The molecule has 0 aliphatic carbocycles. The number of imidazole rings is 1. The number of fused-ring (bicyclic) bond motifs is 1. The number of carbonyl (C=O) groups excluding carboxylic acids is 1. The molecule has 0 saturated heterocycles. The Morgan fingerprint density at radius 1 is 1.19 bits per heavy atom. The maximum absolute atomic E-state index is 13.6. The Morgan fingerprint density at radius 2 is 1.94 bits per heavy atom. The summed E-state index contributed by atoms with van der Waals surface area (Å²) in [4.78, 5) is 17.1. The van der Waals surface area contributed by atoms with E-state index >= 15 is 0 Å². The Bertz CT molecular complexity index is 1220. The minimum absolute atomic E-state index is 0.161. The van der Waals surface area contributed by atoms with Crippen molar-refractivity contribution >= 4 is 27.0 Å². The van der Waals surface area contributed by atoms with Crippen molar-refractivity contribution in [3.05, 3.63) is 59.2 Å². The molecule has 0 fully saturated rings. The topological polar surface area (TPSA) is 84.3 Å². The predicted molar refractivity (Wildman–Crippen MR) is 118 cm³/mol. The number of nitrogens with one attached hydrogen (secondary N) is 1. The zero-order chi connectivity index (χ0) is 22.8. The second-order valence-corrected chi connectivity index (χ2v) is 9.72. The van der Waals surface area contributed by atoms with Crippen molar-refractivity contribution < 1.29 is 17.6 Å². The van der Waals surface area contributed by atoms with E-state index in [4.69, 9.17) is 0 Å². The number of aromatic nitrogens is 2. The number of halogens is 1. The van der Waals surface area contributed by atoms with E-state index in [-0.39, 0.29) is 29.6 Å². The number of aryl methyl sites for hydroxylation is 3. The molecule has 2 aromatic carbocycles. The molecule has 31 heavy (non-hydrogen) atoms. The molecule has 1 aromatic heterocycles. The molecule has 3 aromatic rings. The van der Waals surface area contributed by atoms with Crippen molar-refractivity contribution in [3.8, 4) is 0 Å². The van der Waals surface area contributed by atoms with Gasteiger partial charge >= 0.3 is 0 Å². The van der Waals surface area contributed by atoms with Crippen LogP contribution >= 0.6 is 0 Å². The number of amides is 1. The van der Waals surface area contributed by atoms with Gasteiger partial charge in [0.15, 0.2) is 0 Å². The highest BCUT2D eigenvalue weighted by Gasteiger charge is 2.19. The highest BCUT2D eigenvalue weighted by atomic mass is 32.2. The Kier molecular flexibility index (Phi) is 6.76. The van der Waals surface area contributed by atoms with E-state index in [1.165, 1.54) is 20.2 Å². The number of hydrogen-bond donors (Lipinski definition) is 1. The monoisotopic (exact) mass is 446 g/mol. The third kappa shape index (κ3) is 4.94. The molecule has 0 aliphatic heterocycles. The summed E-state index contributed by atoms with van der Waals surface area (Å²) in [6.45, 7) is 4.57. The molecule has 3 rings (SSSR count). The van der Waals surface area contributed by atoms with Crippen LogP contribution in [0, 0.1) is 12.7 Å². The molecule has 7 nitrogen and oxygen atoms in total. The highest BCUT2D eigenvalue weighted by Crippen LogP contribution is 2.22. The summed E-state index contributed by atoms with van der Waals surface area (Å²) in [5.41, 5.74) is 2.67. The number of benzene rings is 2. The van der Waals surface area contributed by atoms with Crippen molar-refractivity contribution in [2.45, 2.75) is 44.7 Å². The number of carbonyl (C=O) groups is 1. The third-order valence-electron chi connectivity index (χ3n) is 5.20. The van der Waals surface area contributed by atoms with Gasteiger partial charge < -0.3 is 9.88 Å². The van der Waals surface area contributed by atoms with Gasteiger partial charge in [-0.05, 0) is 49.2 Å². The van der Waals surface area contributed by atoms with E-state index in [0.29, 0.717) is 35.4 Å². The van der Waals surface area contributed by atoms with Crippen molar-refractivity contribution in [1.82, 2.24) is 19.2 Å². The van der Waals surface area contributed by atoms with Crippen LogP contribution in [0.5, 0.6) is 0 Å². The second-order valence-electron chi connectivity index (χ2n) is 7.57. The molecule has 1 N–H and O–H groups in total. The number of sulfonamides is 1. The van der Waals surface area contributed by atoms with E-state index in [9.17, 15) is 17.6 Å². The zero-order valence-corrected chi connectivity index (χ0v) is 19.0. The summed E-state index contributed by atoms with van der Waals surface area (Å²) in [6.07, 6.45) is 0.632. The van der Waals surface area contributed by atoms with Gasteiger partial charge in [0.25, 0.3) is 0 Å². The van der Waals surface area contributed by atoms with Crippen molar-refractivity contribution in [3.63, 3.8) is 0 Å². The molecule has 0 atom stereocenters. The van der Waals surface area contributed by atoms with Crippen LogP contribution in [0.1, 0.15) is 30.3 Å². The van der Waals surface area contributed by atoms with Crippen LogP contribution in [0.25, 0.3) is 11.0 Å². The van der Waals surface area contributed by atoms with Crippen LogP contribution in [0.15, 0.2) is 41.3 Å². The van der Waals surface area contributed by atoms with E-state index in [0.717, 1.165) is 9.82 Å². The standard InChI is InChI=1S/C22H27FN4O3S/c1-5-27-20-9-8-17(31(29,30)26(3)4)13-19(20)25-21(27)10-11-22(28)24-14-16-7-6-15(2)18(23)12-16/h6-9,12-13H,5,10-11,14H2,1-4H3,(H,24,28). The second kappa shape index (κ2) is 9.15. The smallest absolute Gasteiger partial charge is 0.242 e. The summed E-state index contributed by atoms with van der Waals surface area (Å²) in [7, 11) is -0.580. The largest absolute Gasteiger partial charge is 0.352 e. The molecule has 1 heterocycles. The van der Waals surface area contributed by atoms with Crippen molar-refractivity contribution in [1.29, 1.82) is 0 Å².